The SMILES string of the molecule is C#Cc1c(F)ccc2cccc(-c3c(F)cc4c(N5CC6CC[C@@](C)(C5)N6)nc(OCC56CCCN5C(CCC(=O)N(C)C)CC6)nc4c3F)c12. The first-order chi connectivity index (χ1) is 24.5. The van der Waals surface area contributed by atoms with Crippen LogP contribution in [0.25, 0.3) is 32.8 Å². The Morgan fingerprint density at radius 1 is 1.12 bits per heavy atom. The van der Waals surface area contributed by atoms with Crippen LogP contribution in [0.1, 0.15) is 63.9 Å². The number of aromatic nitrogens is 2. The molecule has 51 heavy (non-hydrogen) atoms. The Balaban J connectivity index is 1.20. The second-order valence-electron chi connectivity index (χ2n) is 15.4. The largest absolute Gasteiger partial charge is 0.461 e. The number of rotatable bonds is 8. The first-order valence-electron chi connectivity index (χ1n) is 18.0. The van der Waals surface area contributed by atoms with Gasteiger partial charge >= 0.3 is 6.01 Å². The molecular formula is C40H43F3N6O2. The molecule has 4 saturated heterocycles. The Labute approximate surface area is 296 Å². The van der Waals surface area contributed by atoms with Crippen LogP contribution in [0, 0.1) is 29.8 Å². The summed E-state index contributed by atoms with van der Waals surface area (Å²) in [6, 6.07) is 9.62. The highest BCUT2D eigenvalue weighted by molar-refractivity contribution is 6.03. The van der Waals surface area contributed by atoms with Gasteiger partial charge < -0.3 is 19.9 Å². The van der Waals surface area contributed by atoms with Crippen molar-refractivity contribution >= 4 is 33.4 Å². The minimum absolute atomic E-state index is 0.0331. The number of piperazine rings is 1. The lowest BCUT2D eigenvalue weighted by atomic mass is 9.93. The van der Waals surface area contributed by atoms with Gasteiger partial charge in [-0.05, 0) is 81.5 Å². The zero-order valence-corrected chi connectivity index (χ0v) is 29.4. The Morgan fingerprint density at radius 3 is 2.75 bits per heavy atom. The fraction of sp³-hybridized carbons (Fsp3) is 0.475. The van der Waals surface area contributed by atoms with Gasteiger partial charge in [-0.3, -0.25) is 9.69 Å². The third kappa shape index (κ3) is 5.77. The van der Waals surface area contributed by atoms with Gasteiger partial charge in [0.1, 0.15) is 29.6 Å². The van der Waals surface area contributed by atoms with Crippen molar-refractivity contribution in [3.8, 4) is 29.5 Å². The van der Waals surface area contributed by atoms with Gasteiger partial charge in [-0.1, -0.05) is 30.2 Å². The molecule has 0 spiro atoms. The molecule has 8 nitrogen and oxygen atoms in total. The lowest BCUT2D eigenvalue weighted by Gasteiger charge is -2.40. The number of amides is 1. The van der Waals surface area contributed by atoms with Crippen molar-refractivity contribution in [1.82, 2.24) is 25.1 Å². The van der Waals surface area contributed by atoms with Gasteiger partial charge in [-0.15, -0.1) is 6.42 Å². The third-order valence-corrected chi connectivity index (χ3v) is 11.8. The zero-order valence-electron chi connectivity index (χ0n) is 29.4. The number of ether oxygens (including phenoxy) is 1. The highest BCUT2D eigenvalue weighted by Gasteiger charge is 2.50. The number of anilines is 1. The number of halogens is 3. The molecular weight excluding hydrogens is 653 g/mol. The van der Waals surface area contributed by atoms with E-state index >= 15 is 8.78 Å². The molecule has 1 aromatic heterocycles. The molecule has 11 heteroatoms. The summed E-state index contributed by atoms with van der Waals surface area (Å²) in [7, 11) is 3.57. The van der Waals surface area contributed by atoms with Crippen LogP contribution in [-0.4, -0.2) is 89.2 Å². The zero-order chi connectivity index (χ0) is 35.7. The number of terminal acetylenes is 1. The first kappa shape index (κ1) is 33.7. The number of carbonyl (C=O) groups is 1. The topological polar surface area (TPSA) is 73.8 Å². The van der Waals surface area contributed by atoms with Crippen LogP contribution >= 0.6 is 0 Å². The lowest BCUT2D eigenvalue weighted by molar-refractivity contribution is -0.129. The minimum Gasteiger partial charge on any atom is -0.461 e. The summed E-state index contributed by atoms with van der Waals surface area (Å²) >= 11 is 0. The number of hydrogen-bond acceptors (Lipinski definition) is 7. The maximum atomic E-state index is 17.1. The standard InChI is InChI=1S/C40H43F3N6O2/c1-5-27-30(41)12-10-24-8-6-9-28(33(24)27)34-31(42)20-29-36(35(34)43)44-38(45-37(29)48-21-25-14-17-39(2,22-48)46-25)51-23-40-16-7-19-49(40)26(15-18-40)11-13-32(50)47(3)4/h1,6,8-10,12,20,25-26,46H,7,11,13-19,21-23H2,2-4H3/t25?,26?,39-,40?/m0/s1. The molecule has 0 aliphatic carbocycles. The molecule has 3 unspecified atom stereocenters. The van der Waals surface area contributed by atoms with Gasteiger partial charge in [0.15, 0.2) is 5.82 Å². The second kappa shape index (κ2) is 12.7. The van der Waals surface area contributed by atoms with Gasteiger partial charge in [0, 0.05) is 62.0 Å². The summed E-state index contributed by atoms with van der Waals surface area (Å²) in [6.07, 6.45) is 12.9. The number of carbonyl (C=O) groups excluding carboxylic acids is 1. The van der Waals surface area contributed by atoms with Crippen LogP contribution in [0.15, 0.2) is 36.4 Å². The van der Waals surface area contributed by atoms with E-state index in [4.69, 9.17) is 16.1 Å². The average molecular weight is 697 g/mol. The highest BCUT2D eigenvalue weighted by atomic mass is 19.1. The lowest BCUT2D eigenvalue weighted by Crippen LogP contribution is -2.58. The predicted octanol–water partition coefficient (Wildman–Crippen LogP) is 6.42. The van der Waals surface area contributed by atoms with Crippen LogP contribution in [0.3, 0.4) is 0 Å². The summed E-state index contributed by atoms with van der Waals surface area (Å²) in [6.45, 7) is 4.65. The molecule has 8 rings (SSSR count). The van der Waals surface area contributed by atoms with E-state index in [1.165, 1.54) is 12.1 Å². The quantitative estimate of drug-likeness (QED) is 0.213. The maximum Gasteiger partial charge on any atom is 0.319 e. The molecule has 4 aliphatic rings. The van der Waals surface area contributed by atoms with Gasteiger partial charge in [0.25, 0.3) is 0 Å². The van der Waals surface area contributed by atoms with Crippen LogP contribution in [0.5, 0.6) is 6.01 Å². The second-order valence-corrected chi connectivity index (χ2v) is 15.4. The smallest absolute Gasteiger partial charge is 0.319 e. The Kier molecular flexibility index (Phi) is 8.38. The molecule has 4 aromatic rings. The molecule has 4 aliphatic heterocycles. The number of nitrogens with one attached hydrogen (secondary N) is 1. The van der Waals surface area contributed by atoms with Gasteiger partial charge in [-0.2, -0.15) is 9.97 Å². The van der Waals surface area contributed by atoms with Crippen LogP contribution in [0.4, 0.5) is 19.0 Å². The van der Waals surface area contributed by atoms with E-state index in [2.05, 4.69) is 32.9 Å². The molecule has 2 bridgehead atoms. The van der Waals surface area contributed by atoms with Crippen molar-refractivity contribution < 1.29 is 22.7 Å². The Morgan fingerprint density at radius 2 is 1.96 bits per heavy atom. The molecule has 266 valence electrons. The van der Waals surface area contributed by atoms with Gasteiger partial charge in [0.05, 0.1) is 16.7 Å². The molecule has 5 heterocycles. The summed E-state index contributed by atoms with van der Waals surface area (Å²) in [5, 5.41) is 4.77. The third-order valence-electron chi connectivity index (χ3n) is 11.8. The van der Waals surface area contributed by atoms with Crippen molar-refractivity contribution in [2.24, 2.45) is 0 Å². The van der Waals surface area contributed by atoms with Crippen molar-refractivity contribution in [2.45, 2.75) is 81.5 Å². The van der Waals surface area contributed by atoms with Crippen LogP contribution < -0.4 is 15.0 Å². The van der Waals surface area contributed by atoms with E-state index in [1.807, 2.05) is 0 Å². The van der Waals surface area contributed by atoms with E-state index in [0.717, 1.165) is 51.5 Å². The van der Waals surface area contributed by atoms with Crippen molar-refractivity contribution in [3.63, 3.8) is 0 Å². The fourth-order valence-corrected chi connectivity index (χ4v) is 9.35. The number of benzene rings is 3. The maximum absolute atomic E-state index is 17.1. The minimum atomic E-state index is -0.880. The average Bonchev–Trinajstić information content (AvgIpc) is 3.76. The fourth-order valence-electron chi connectivity index (χ4n) is 9.35. The van der Waals surface area contributed by atoms with E-state index in [-0.39, 0.29) is 68.1 Å². The van der Waals surface area contributed by atoms with E-state index in [9.17, 15) is 9.18 Å². The predicted molar refractivity (Wildman–Crippen MR) is 192 cm³/mol. The summed E-state index contributed by atoms with van der Waals surface area (Å²) in [4.78, 5) is 28.1. The summed E-state index contributed by atoms with van der Waals surface area (Å²) in [5.74, 6) is 0.606. The summed E-state index contributed by atoms with van der Waals surface area (Å²) < 4.78 is 54.8. The monoisotopic (exact) mass is 696 g/mol. The Bertz CT molecular complexity index is 2100. The molecule has 4 atom stereocenters. The first-order valence-corrected chi connectivity index (χ1v) is 18.0. The molecule has 1 amide bonds. The molecule has 3 aromatic carbocycles. The molecule has 4 fully saturated rings. The Hall–Kier alpha value is -4.40. The molecule has 0 saturated carbocycles. The van der Waals surface area contributed by atoms with Gasteiger partial charge in [-0.25, -0.2) is 13.2 Å². The molecule has 0 radical (unpaired) electrons. The number of nitrogens with zero attached hydrogens (tertiary/aromatic N) is 5. The highest BCUT2D eigenvalue weighted by Crippen LogP contribution is 2.45. The van der Waals surface area contributed by atoms with Crippen molar-refractivity contribution in [2.75, 3.05) is 45.2 Å². The van der Waals surface area contributed by atoms with E-state index < -0.39 is 17.5 Å². The van der Waals surface area contributed by atoms with E-state index in [1.54, 1.807) is 43.3 Å². The number of hydrogen-bond donors (Lipinski definition) is 1. The van der Waals surface area contributed by atoms with Crippen LogP contribution in [0.2, 0.25) is 0 Å². The van der Waals surface area contributed by atoms with Crippen molar-refractivity contribution in [3.05, 3.63) is 59.4 Å². The molecule has 1 N–H and O–H groups in total. The van der Waals surface area contributed by atoms with Crippen LogP contribution in [-0.2, 0) is 4.79 Å². The van der Waals surface area contributed by atoms with Crippen molar-refractivity contribution in [1.29, 1.82) is 0 Å². The summed E-state index contributed by atoms with van der Waals surface area (Å²) in [5.41, 5.74) is -0.683. The number of fused-ring (bicyclic) bond motifs is 5. The van der Waals surface area contributed by atoms with Gasteiger partial charge in [0.2, 0.25) is 5.91 Å². The normalized spacial score (nSPS) is 25.8. The van der Waals surface area contributed by atoms with E-state index in [0.29, 0.717) is 37.3 Å².